The summed E-state index contributed by atoms with van der Waals surface area (Å²) < 4.78 is 40.2. The van der Waals surface area contributed by atoms with E-state index >= 15 is 0 Å². The monoisotopic (exact) mass is 384 g/mol. The standard InChI is InChI=1S/C14H10ClFN4O2S2/c15-11-4-7-14(23-11)24(21,22)20-13-6-5-12(18-19-13)17-10-3-1-2-9(16)8-10/h1-8H,(H,17,18)(H,19,20). The number of aromatic nitrogens is 2. The Balaban J connectivity index is 1.73. The third-order valence-electron chi connectivity index (χ3n) is 2.81. The van der Waals surface area contributed by atoms with Crippen LogP contribution in [-0.4, -0.2) is 18.6 Å². The number of hydrogen-bond donors (Lipinski definition) is 2. The molecule has 0 amide bonds. The molecule has 2 N–H and O–H groups in total. The molecule has 3 rings (SSSR count). The first-order valence-electron chi connectivity index (χ1n) is 6.57. The average molecular weight is 385 g/mol. The van der Waals surface area contributed by atoms with Gasteiger partial charge in [0.2, 0.25) is 0 Å². The fourth-order valence-corrected chi connectivity index (χ4v) is 4.28. The van der Waals surface area contributed by atoms with E-state index in [1.165, 1.54) is 36.4 Å². The first kappa shape index (κ1) is 16.6. The minimum absolute atomic E-state index is 0.0596. The second kappa shape index (κ2) is 6.71. The molecule has 0 saturated carbocycles. The van der Waals surface area contributed by atoms with Gasteiger partial charge in [0.05, 0.1) is 4.34 Å². The van der Waals surface area contributed by atoms with Crippen molar-refractivity contribution in [3.8, 4) is 0 Å². The van der Waals surface area contributed by atoms with Gasteiger partial charge in [0.25, 0.3) is 10.0 Å². The predicted molar refractivity (Wildman–Crippen MR) is 91.9 cm³/mol. The van der Waals surface area contributed by atoms with Gasteiger partial charge in [0, 0.05) is 5.69 Å². The van der Waals surface area contributed by atoms with E-state index in [9.17, 15) is 12.8 Å². The summed E-state index contributed by atoms with van der Waals surface area (Å²) in [6.45, 7) is 0. The van der Waals surface area contributed by atoms with Crippen LogP contribution >= 0.6 is 22.9 Å². The molecule has 0 bridgehead atoms. The highest BCUT2D eigenvalue weighted by atomic mass is 35.5. The van der Waals surface area contributed by atoms with E-state index in [-0.39, 0.29) is 15.8 Å². The molecule has 3 aromatic rings. The predicted octanol–water partition coefficient (Wildman–Crippen LogP) is 3.88. The molecule has 24 heavy (non-hydrogen) atoms. The van der Waals surface area contributed by atoms with E-state index in [4.69, 9.17) is 11.6 Å². The number of benzene rings is 1. The normalized spacial score (nSPS) is 11.2. The Bertz CT molecular complexity index is 961. The third kappa shape index (κ3) is 3.99. The van der Waals surface area contributed by atoms with Gasteiger partial charge < -0.3 is 5.32 Å². The van der Waals surface area contributed by atoms with Gasteiger partial charge >= 0.3 is 0 Å². The smallest absolute Gasteiger partial charge is 0.272 e. The molecule has 0 aliphatic carbocycles. The number of rotatable bonds is 5. The molecular formula is C14H10ClFN4O2S2. The Labute approximate surface area is 146 Å². The van der Waals surface area contributed by atoms with Crippen molar-refractivity contribution in [3.05, 3.63) is 58.7 Å². The highest BCUT2D eigenvalue weighted by Crippen LogP contribution is 2.27. The highest BCUT2D eigenvalue weighted by Gasteiger charge is 2.17. The van der Waals surface area contributed by atoms with Crippen LogP contribution in [0.5, 0.6) is 0 Å². The number of sulfonamides is 1. The number of anilines is 3. The van der Waals surface area contributed by atoms with Crippen molar-refractivity contribution < 1.29 is 12.8 Å². The minimum Gasteiger partial charge on any atom is -0.339 e. The second-order valence-corrected chi connectivity index (χ2v) is 8.23. The van der Waals surface area contributed by atoms with Crippen LogP contribution in [0.2, 0.25) is 4.34 Å². The van der Waals surface area contributed by atoms with Crippen molar-refractivity contribution in [1.82, 2.24) is 10.2 Å². The maximum Gasteiger partial charge on any atom is 0.272 e. The van der Waals surface area contributed by atoms with E-state index < -0.39 is 10.0 Å². The van der Waals surface area contributed by atoms with Crippen LogP contribution in [0, 0.1) is 5.82 Å². The zero-order chi connectivity index (χ0) is 17.2. The van der Waals surface area contributed by atoms with Crippen LogP contribution in [0.15, 0.2) is 52.7 Å². The Hall–Kier alpha value is -2.23. The van der Waals surface area contributed by atoms with Gasteiger partial charge in [-0.3, -0.25) is 4.72 Å². The Morgan fingerprint density at radius 3 is 2.42 bits per heavy atom. The van der Waals surface area contributed by atoms with Gasteiger partial charge in [0.1, 0.15) is 10.0 Å². The SMILES string of the molecule is O=S(=O)(Nc1ccc(Nc2cccc(F)c2)nn1)c1ccc(Cl)s1. The molecular weight excluding hydrogens is 375 g/mol. The first-order chi connectivity index (χ1) is 11.4. The highest BCUT2D eigenvalue weighted by molar-refractivity contribution is 7.94. The molecule has 2 aromatic heterocycles. The molecule has 0 fully saturated rings. The third-order valence-corrected chi connectivity index (χ3v) is 5.89. The van der Waals surface area contributed by atoms with E-state index in [1.807, 2.05) is 0 Å². The number of hydrogen-bond acceptors (Lipinski definition) is 6. The zero-order valence-corrected chi connectivity index (χ0v) is 14.3. The van der Waals surface area contributed by atoms with E-state index in [2.05, 4.69) is 20.2 Å². The van der Waals surface area contributed by atoms with Crippen molar-refractivity contribution >= 4 is 50.3 Å². The van der Waals surface area contributed by atoms with E-state index in [0.29, 0.717) is 15.8 Å². The summed E-state index contributed by atoms with van der Waals surface area (Å²) >= 11 is 6.68. The molecule has 2 heterocycles. The Kier molecular flexibility index (Phi) is 4.65. The van der Waals surface area contributed by atoms with Gasteiger partial charge in [-0.1, -0.05) is 17.7 Å². The van der Waals surface area contributed by atoms with Gasteiger partial charge in [-0.15, -0.1) is 21.5 Å². The number of halogens is 2. The van der Waals surface area contributed by atoms with Crippen molar-refractivity contribution in [2.24, 2.45) is 0 Å². The van der Waals surface area contributed by atoms with Crippen LogP contribution in [-0.2, 0) is 10.0 Å². The van der Waals surface area contributed by atoms with E-state index in [0.717, 1.165) is 11.3 Å². The number of nitrogens with one attached hydrogen (secondary N) is 2. The maximum atomic E-state index is 13.1. The Morgan fingerprint density at radius 1 is 1.04 bits per heavy atom. The molecule has 0 atom stereocenters. The number of nitrogens with zero attached hydrogens (tertiary/aromatic N) is 2. The summed E-state index contributed by atoms with van der Waals surface area (Å²) in [5.74, 6) is 0.0268. The zero-order valence-electron chi connectivity index (χ0n) is 11.9. The molecule has 0 aliphatic heterocycles. The van der Waals surface area contributed by atoms with Crippen molar-refractivity contribution in [1.29, 1.82) is 0 Å². The van der Waals surface area contributed by atoms with Crippen LogP contribution in [0.3, 0.4) is 0 Å². The van der Waals surface area contributed by atoms with Gasteiger partial charge in [-0.05, 0) is 42.5 Å². The summed E-state index contributed by atoms with van der Waals surface area (Å²) in [5.41, 5.74) is 0.505. The fraction of sp³-hybridized carbons (Fsp3) is 0. The lowest BCUT2D eigenvalue weighted by molar-refractivity contribution is 0.603. The molecule has 1 aromatic carbocycles. The molecule has 10 heteroatoms. The fourth-order valence-electron chi connectivity index (χ4n) is 1.80. The lowest BCUT2D eigenvalue weighted by Crippen LogP contribution is -2.13. The molecule has 0 spiro atoms. The summed E-state index contributed by atoms with van der Waals surface area (Å²) in [7, 11) is -3.76. The molecule has 0 unspecified atom stereocenters. The van der Waals surface area contributed by atoms with E-state index in [1.54, 1.807) is 12.1 Å². The van der Waals surface area contributed by atoms with Gasteiger partial charge in [-0.25, -0.2) is 12.8 Å². The summed E-state index contributed by atoms with van der Waals surface area (Å²) in [5, 5.41) is 10.5. The molecule has 6 nitrogen and oxygen atoms in total. The van der Waals surface area contributed by atoms with Gasteiger partial charge in [0.15, 0.2) is 11.6 Å². The summed E-state index contributed by atoms with van der Waals surface area (Å²) in [6.07, 6.45) is 0. The minimum atomic E-state index is -3.76. The Morgan fingerprint density at radius 2 is 1.79 bits per heavy atom. The molecule has 0 radical (unpaired) electrons. The topological polar surface area (TPSA) is 84.0 Å². The van der Waals surface area contributed by atoms with Crippen LogP contribution in [0.25, 0.3) is 0 Å². The maximum absolute atomic E-state index is 13.1. The van der Waals surface area contributed by atoms with Crippen molar-refractivity contribution in [2.75, 3.05) is 10.0 Å². The van der Waals surface area contributed by atoms with Gasteiger partial charge in [-0.2, -0.15) is 0 Å². The largest absolute Gasteiger partial charge is 0.339 e. The van der Waals surface area contributed by atoms with Crippen LogP contribution < -0.4 is 10.0 Å². The molecule has 0 saturated heterocycles. The lowest BCUT2D eigenvalue weighted by atomic mass is 10.3. The number of thiophene rings is 1. The summed E-state index contributed by atoms with van der Waals surface area (Å²) in [4.78, 5) is 0. The van der Waals surface area contributed by atoms with Crippen LogP contribution in [0.4, 0.5) is 21.7 Å². The first-order valence-corrected chi connectivity index (χ1v) is 9.25. The molecule has 124 valence electrons. The molecule has 0 aliphatic rings. The average Bonchev–Trinajstić information content (AvgIpc) is 2.97. The van der Waals surface area contributed by atoms with Crippen LogP contribution in [0.1, 0.15) is 0 Å². The summed E-state index contributed by atoms with van der Waals surface area (Å²) in [6, 6.07) is 11.7. The van der Waals surface area contributed by atoms with Crippen molar-refractivity contribution in [2.45, 2.75) is 4.21 Å². The quantitative estimate of drug-likeness (QED) is 0.697. The second-order valence-electron chi connectivity index (χ2n) is 4.60. The lowest BCUT2D eigenvalue weighted by Gasteiger charge is -2.07. The van der Waals surface area contributed by atoms with Crippen molar-refractivity contribution in [3.63, 3.8) is 0 Å².